The molecule has 0 saturated carbocycles. The Morgan fingerprint density at radius 3 is 2.55 bits per heavy atom. The van der Waals surface area contributed by atoms with Crippen LogP contribution in [-0.2, 0) is 6.61 Å². The second kappa shape index (κ2) is 10.0. The lowest BCUT2D eigenvalue weighted by atomic mass is 10.1. The minimum Gasteiger partial charge on any atom is -0.493 e. The van der Waals surface area contributed by atoms with Crippen LogP contribution in [0.4, 0.5) is 5.69 Å². The molecule has 0 aliphatic heterocycles. The SMILES string of the molecule is COc1cc(/C=N/NC(=O)c2cccc(C)c2)ccc1OCc1ccc([N+](=O)[O-])cc1. The van der Waals surface area contributed by atoms with Gasteiger partial charge in [0.2, 0.25) is 0 Å². The maximum absolute atomic E-state index is 12.1. The van der Waals surface area contributed by atoms with Gasteiger partial charge in [-0.25, -0.2) is 5.43 Å². The van der Waals surface area contributed by atoms with Crippen molar-refractivity contribution in [1.82, 2.24) is 5.43 Å². The summed E-state index contributed by atoms with van der Waals surface area (Å²) in [6.07, 6.45) is 1.51. The summed E-state index contributed by atoms with van der Waals surface area (Å²) in [5.74, 6) is 0.715. The van der Waals surface area contributed by atoms with E-state index in [1.54, 1.807) is 42.5 Å². The molecule has 1 amide bonds. The Bertz CT molecular complexity index is 1110. The largest absolute Gasteiger partial charge is 0.493 e. The van der Waals surface area contributed by atoms with Crippen LogP contribution >= 0.6 is 0 Å². The maximum Gasteiger partial charge on any atom is 0.271 e. The van der Waals surface area contributed by atoms with E-state index in [1.807, 2.05) is 19.1 Å². The molecule has 8 nitrogen and oxygen atoms in total. The fraction of sp³-hybridized carbons (Fsp3) is 0.130. The number of non-ortho nitro benzene ring substituents is 1. The molecule has 0 atom stereocenters. The summed E-state index contributed by atoms with van der Waals surface area (Å²) in [6, 6.07) is 18.6. The number of rotatable bonds is 8. The lowest BCUT2D eigenvalue weighted by Gasteiger charge is -2.11. The molecule has 0 aliphatic carbocycles. The first-order valence-electron chi connectivity index (χ1n) is 9.40. The van der Waals surface area contributed by atoms with Gasteiger partial charge in [0.05, 0.1) is 18.2 Å². The highest BCUT2D eigenvalue weighted by molar-refractivity contribution is 5.95. The molecule has 0 spiro atoms. The Morgan fingerprint density at radius 2 is 1.87 bits per heavy atom. The van der Waals surface area contributed by atoms with Crippen LogP contribution in [0.5, 0.6) is 11.5 Å². The molecule has 3 aromatic carbocycles. The molecule has 8 heteroatoms. The van der Waals surface area contributed by atoms with Crippen molar-refractivity contribution in [2.75, 3.05) is 7.11 Å². The van der Waals surface area contributed by atoms with Gasteiger partial charge >= 0.3 is 0 Å². The topological polar surface area (TPSA) is 103 Å². The molecule has 3 rings (SSSR count). The van der Waals surface area contributed by atoms with Crippen LogP contribution in [0.1, 0.15) is 27.0 Å². The van der Waals surface area contributed by atoms with Crippen molar-refractivity contribution >= 4 is 17.8 Å². The number of nitro benzene ring substituents is 1. The van der Waals surface area contributed by atoms with Gasteiger partial charge in [-0.1, -0.05) is 17.7 Å². The fourth-order valence-electron chi connectivity index (χ4n) is 2.77. The molecule has 0 heterocycles. The van der Waals surface area contributed by atoms with Crippen molar-refractivity contribution in [3.8, 4) is 11.5 Å². The zero-order valence-corrected chi connectivity index (χ0v) is 17.1. The molecule has 0 aromatic heterocycles. The van der Waals surface area contributed by atoms with Crippen LogP contribution in [-0.4, -0.2) is 24.2 Å². The number of nitro groups is 1. The smallest absolute Gasteiger partial charge is 0.271 e. The number of benzene rings is 3. The third kappa shape index (κ3) is 5.89. The zero-order chi connectivity index (χ0) is 22.2. The normalized spacial score (nSPS) is 10.6. The molecule has 0 radical (unpaired) electrons. The van der Waals surface area contributed by atoms with Crippen LogP contribution in [0.25, 0.3) is 0 Å². The number of amides is 1. The summed E-state index contributed by atoms with van der Waals surface area (Å²) in [6.45, 7) is 2.14. The molecule has 158 valence electrons. The number of carbonyl (C=O) groups is 1. The maximum atomic E-state index is 12.1. The average Bonchev–Trinajstić information content (AvgIpc) is 2.78. The molecule has 0 aliphatic rings. The lowest BCUT2D eigenvalue weighted by molar-refractivity contribution is -0.384. The van der Waals surface area contributed by atoms with Gasteiger partial charge in [-0.3, -0.25) is 14.9 Å². The molecule has 3 aromatic rings. The summed E-state index contributed by atoms with van der Waals surface area (Å²) in [5, 5.41) is 14.7. The van der Waals surface area contributed by atoms with Crippen LogP contribution in [0.2, 0.25) is 0 Å². The van der Waals surface area contributed by atoms with Crippen LogP contribution in [0, 0.1) is 17.0 Å². The zero-order valence-electron chi connectivity index (χ0n) is 17.1. The quantitative estimate of drug-likeness (QED) is 0.334. The second-order valence-corrected chi connectivity index (χ2v) is 6.69. The number of carbonyl (C=O) groups excluding carboxylic acids is 1. The third-order valence-electron chi connectivity index (χ3n) is 4.39. The van der Waals surface area contributed by atoms with E-state index >= 15 is 0 Å². The third-order valence-corrected chi connectivity index (χ3v) is 4.39. The minimum absolute atomic E-state index is 0.0273. The van der Waals surface area contributed by atoms with E-state index in [0.29, 0.717) is 22.6 Å². The molecule has 0 fully saturated rings. The van der Waals surface area contributed by atoms with Crippen molar-refractivity contribution in [2.45, 2.75) is 13.5 Å². The minimum atomic E-state index is -0.447. The Hall–Kier alpha value is -4.20. The van der Waals surface area contributed by atoms with E-state index in [2.05, 4.69) is 10.5 Å². The molecular weight excluding hydrogens is 398 g/mol. The molecule has 0 saturated heterocycles. The van der Waals surface area contributed by atoms with Crippen LogP contribution in [0.15, 0.2) is 71.8 Å². The Labute approximate surface area is 179 Å². The Morgan fingerprint density at radius 1 is 1.10 bits per heavy atom. The number of nitrogens with zero attached hydrogens (tertiary/aromatic N) is 2. The van der Waals surface area contributed by atoms with Gasteiger partial charge in [-0.2, -0.15) is 5.10 Å². The predicted molar refractivity (Wildman–Crippen MR) is 117 cm³/mol. The highest BCUT2D eigenvalue weighted by atomic mass is 16.6. The van der Waals surface area contributed by atoms with E-state index in [0.717, 1.165) is 11.1 Å². The van der Waals surface area contributed by atoms with Crippen molar-refractivity contribution < 1.29 is 19.2 Å². The number of hydrogen-bond acceptors (Lipinski definition) is 6. The number of aryl methyl sites for hydroxylation is 1. The van der Waals surface area contributed by atoms with Gasteiger partial charge < -0.3 is 9.47 Å². The second-order valence-electron chi connectivity index (χ2n) is 6.69. The molecular formula is C23H21N3O5. The van der Waals surface area contributed by atoms with Crippen molar-refractivity contribution in [3.05, 3.63) is 99.1 Å². The highest BCUT2D eigenvalue weighted by Crippen LogP contribution is 2.28. The van der Waals surface area contributed by atoms with E-state index in [4.69, 9.17) is 9.47 Å². The fourth-order valence-corrected chi connectivity index (χ4v) is 2.77. The lowest BCUT2D eigenvalue weighted by Crippen LogP contribution is -2.17. The first-order chi connectivity index (χ1) is 15.0. The number of hydrazone groups is 1. The summed E-state index contributed by atoms with van der Waals surface area (Å²) in [7, 11) is 1.52. The number of methoxy groups -OCH3 is 1. The molecule has 1 N–H and O–H groups in total. The summed E-state index contributed by atoms with van der Waals surface area (Å²) in [4.78, 5) is 22.4. The van der Waals surface area contributed by atoms with E-state index in [1.165, 1.54) is 25.5 Å². The van der Waals surface area contributed by atoms with Crippen LogP contribution < -0.4 is 14.9 Å². The summed E-state index contributed by atoms with van der Waals surface area (Å²) >= 11 is 0. The number of ether oxygens (including phenoxy) is 2. The standard InChI is InChI=1S/C23H21N3O5/c1-16-4-3-5-19(12-16)23(27)25-24-14-18-8-11-21(22(13-18)30-2)31-15-17-6-9-20(10-7-17)26(28)29/h3-14H,15H2,1-2H3,(H,25,27)/b24-14+. The van der Waals surface area contributed by atoms with Crippen molar-refractivity contribution in [2.24, 2.45) is 5.10 Å². The van der Waals surface area contributed by atoms with Gasteiger partial charge in [-0.15, -0.1) is 0 Å². The van der Waals surface area contributed by atoms with Gasteiger partial charge in [0.15, 0.2) is 11.5 Å². The van der Waals surface area contributed by atoms with Crippen LogP contribution in [0.3, 0.4) is 0 Å². The Kier molecular flexibility index (Phi) is 6.95. The first kappa shape index (κ1) is 21.5. The van der Waals surface area contributed by atoms with Gasteiger partial charge in [0.25, 0.3) is 11.6 Å². The predicted octanol–water partition coefficient (Wildman–Crippen LogP) is 4.25. The van der Waals surface area contributed by atoms with Crippen molar-refractivity contribution in [1.29, 1.82) is 0 Å². The summed E-state index contributed by atoms with van der Waals surface area (Å²) < 4.78 is 11.1. The Balaban J connectivity index is 1.61. The number of nitrogens with one attached hydrogen (secondary N) is 1. The van der Waals surface area contributed by atoms with E-state index in [-0.39, 0.29) is 18.2 Å². The number of hydrogen-bond donors (Lipinski definition) is 1. The molecule has 0 bridgehead atoms. The van der Waals surface area contributed by atoms with Gasteiger partial charge in [-0.05, 0) is 60.5 Å². The average molecular weight is 419 g/mol. The van der Waals surface area contributed by atoms with Crippen molar-refractivity contribution in [3.63, 3.8) is 0 Å². The van der Waals surface area contributed by atoms with E-state index in [9.17, 15) is 14.9 Å². The van der Waals surface area contributed by atoms with E-state index < -0.39 is 4.92 Å². The molecule has 31 heavy (non-hydrogen) atoms. The van der Waals surface area contributed by atoms with Gasteiger partial charge in [0, 0.05) is 17.7 Å². The molecule has 0 unspecified atom stereocenters. The monoisotopic (exact) mass is 419 g/mol. The van der Waals surface area contributed by atoms with Gasteiger partial charge in [0.1, 0.15) is 6.61 Å². The summed E-state index contributed by atoms with van der Waals surface area (Å²) in [5.41, 5.74) is 5.55. The highest BCUT2D eigenvalue weighted by Gasteiger charge is 2.08. The first-order valence-corrected chi connectivity index (χ1v) is 9.40.